The lowest BCUT2D eigenvalue weighted by Gasteiger charge is -2.15. The van der Waals surface area contributed by atoms with Crippen LogP contribution in [0.4, 0.5) is 18.9 Å². The number of carbonyl (C=O) groups excluding carboxylic acids is 1. The Bertz CT molecular complexity index is 1960. The van der Waals surface area contributed by atoms with Gasteiger partial charge in [-0.3, -0.25) is 9.59 Å². The molecule has 224 valence electrons. The number of carbonyl (C=O) groups is 1. The Hall–Kier alpha value is -4.97. The molecule has 5 rings (SSSR count). The van der Waals surface area contributed by atoms with Crippen LogP contribution >= 0.6 is 15.9 Å². The highest BCUT2D eigenvalue weighted by Crippen LogP contribution is 2.35. The van der Waals surface area contributed by atoms with E-state index in [-0.39, 0.29) is 34.9 Å². The van der Waals surface area contributed by atoms with Crippen LogP contribution in [0.5, 0.6) is 11.5 Å². The summed E-state index contributed by atoms with van der Waals surface area (Å²) < 4.78 is 53.4. The molecular weight excluding hydrogens is 641 g/mol. The number of benzene rings is 4. The summed E-state index contributed by atoms with van der Waals surface area (Å²) in [5, 5.41) is 7.37. The van der Waals surface area contributed by atoms with Crippen LogP contribution in [0, 0.1) is 6.92 Å². The summed E-state index contributed by atoms with van der Waals surface area (Å²) >= 11 is 3.41. The van der Waals surface area contributed by atoms with Gasteiger partial charge in [-0.2, -0.15) is 22.9 Å². The number of nitrogens with one attached hydrogen (secondary N) is 1. The molecule has 0 aliphatic rings. The fraction of sp³-hybridized carbons (Fsp3) is 0.125. The zero-order chi connectivity index (χ0) is 31.4. The first-order valence-corrected chi connectivity index (χ1v) is 13.9. The SMILES string of the molecule is COc1cc(Br)cc(C=Nn2c(-c3cccc(C(F)(F)F)c3)nc3ccccc3c2=O)c1OCC(=O)Nc1ccccc1C. The highest BCUT2D eigenvalue weighted by atomic mass is 79.9. The number of fused-ring (bicyclic) bond motifs is 1. The van der Waals surface area contributed by atoms with Gasteiger partial charge in [-0.25, -0.2) is 4.98 Å². The molecule has 0 unspecified atom stereocenters. The van der Waals surface area contributed by atoms with Gasteiger partial charge >= 0.3 is 6.18 Å². The first kappa shape index (κ1) is 30.5. The van der Waals surface area contributed by atoms with E-state index >= 15 is 0 Å². The molecule has 0 saturated heterocycles. The van der Waals surface area contributed by atoms with Gasteiger partial charge in [0.15, 0.2) is 23.9 Å². The molecule has 12 heteroatoms. The van der Waals surface area contributed by atoms with Crippen molar-refractivity contribution in [3.05, 3.63) is 116 Å². The lowest BCUT2D eigenvalue weighted by Crippen LogP contribution is -2.22. The minimum absolute atomic E-state index is 0.0380. The van der Waals surface area contributed by atoms with E-state index in [4.69, 9.17) is 9.47 Å². The molecule has 0 aliphatic heterocycles. The average molecular weight is 665 g/mol. The molecule has 4 aromatic carbocycles. The van der Waals surface area contributed by atoms with E-state index in [9.17, 15) is 22.8 Å². The third kappa shape index (κ3) is 6.65. The Morgan fingerprint density at radius 3 is 2.55 bits per heavy atom. The maximum atomic E-state index is 13.6. The van der Waals surface area contributed by atoms with Gasteiger partial charge in [0, 0.05) is 21.3 Å². The van der Waals surface area contributed by atoms with E-state index in [1.165, 1.54) is 25.5 Å². The van der Waals surface area contributed by atoms with Crippen LogP contribution in [0.3, 0.4) is 0 Å². The molecule has 0 saturated carbocycles. The van der Waals surface area contributed by atoms with Gasteiger partial charge in [0.1, 0.15) is 0 Å². The third-order valence-electron chi connectivity index (χ3n) is 6.55. The van der Waals surface area contributed by atoms with E-state index in [2.05, 4.69) is 31.3 Å². The number of para-hydroxylation sites is 2. The van der Waals surface area contributed by atoms with Gasteiger partial charge in [-0.1, -0.05) is 58.4 Å². The second kappa shape index (κ2) is 12.7. The Balaban J connectivity index is 1.56. The second-order valence-corrected chi connectivity index (χ2v) is 10.5. The number of hydrogen-bond acceptors (Lipinski definition) is 6. The number of anilines is 1. The van der Waals surface area contributed by atoms with Gasteiger partial charge in [0.25, 0.3) is 11.5 Å². The molecule has 44 heavy (non-hydrogen) atoms. The summed E-state index contributed by atoms with van der Waals surface area (Å²) in [6.07, 6.45) is -3.32. The van der Waals surface area contributed by atoms with E-state index in [1.807, 2.05) is 19.1 Å². The highest BCUT2D eigenvalue weighted by Gasteiger charge is 2.31. The standard InChI is InChI=1S/C32H24BrF3N4O4/c1-19-8-3-5-12-25(19)38-28(41)18-44-29-21(15-23(33)16-27(29)43-2)17-37-40-30(20-9-7-10-22(14-20)32(34,35)36)39-26-13-6-4-11-24(26)31(40)42/h3-17H,18H2,1-2H3,(H,38,41). The lowest BCUT2D eigenvalue weighted by atomic mass is 10.1. The molecule has 1 N–H and O–H groups in total. The largest absolute Gasteiger partial charge is 0.493 e. The molecule has 8 nitrogen and oxygen atoms in total. The Morgan fingerprint density at radius 2 is 1.80 bits per heavy atom. The van der Waals surface area contributed by atoms with E-state index in [0.29, 0.717) is 21.2 Å². The van der Waals surface area contributed by atoms with Crippen molar-refractivity contribution < 1.29 is 27.4 Å². The summed E-state index contributed by atoms with van der Waals surface area (Å²) in [5.41, 5.74) is 0.664. The van der Waals surface area contributed by atoms with E-state index in [1.54, 1.807) is 48.5 Å². The molecular formula is C32H24BrF3N4O4. The molecule has 1 aromatic heterocycles. The molecule has 0 fully saturated rings. The van der Waals surface area contributed by atoms with Gasteiger partial charge < -0.3 is 14.8 Å². The molecule has 0 spiro atoms. The van der Waals surface area contributed by atoms with Crippen LogP contribution in [0.2, 0.25) is 0 Å². The number of alkyl halides is 3. The predicted molar refractivity (Wildman–Crippen MR) is 165 cm³/mol. The maximum Gasteiger partial charge on any atom is 0.416 e. The number of rotatable bonds is 8. The monoisotopic (exact) mass is 664 g/mol. The first-order chi connectivity index (χ1) is 21.0. The number of amides is 1. The molecule has 1 amide bonds. The number of hydrogen-bond donors (Lipinski definition) is 1. The Labute approximate surface area is 257 Å². The number of halogens is 4. The number of ether oxygens (including phenoxy) is 2. The lowest BCUT2D eigenvalue weighted by molar-refractivity contribution is -0.137. The van der Waals surface area contributed by atoms with Crippen LogP contribution in [0.1, 0.15) is 16.7 Å². The second-order valence-electron chi connectivity index (χ2n) is 9.57. The van der Waals surface area contributed by atoms with E-state index in [0.717, 1.165) is 22.4 Å². The van der Waals surface area contributed by atoms with Gasteiger partial charge in [-0.15, -0.1) is 0 Å². The van der Waals surface area contributed by atoms with Crippen LogP contribution in [0.25, 0.3) is 22.3 Å². The topological polar surface area (TPSA) is 94.8 Å². The summed E-state index contributed by atoms with van der Waals surface area (Å²) in [7, 11) is 1.42. The quantitative estimate of drug-likeness (QED) is 0.179. The highest BCUT2D eigenvalue weighted by molar-refractivity contribution is 9.10. The Kier molecular flexibility index (Phi) is 8.81. The fourth-order valence-corrected chi connectivity index (χ4v) is 4.85. The average Bonchev–Trinajstić information content (AvgIpc) is 3.00. The normalized spacial score (nSPS) is 11.6. The number of methoxy groups -OCH3 is 1. The number of aryl methyl sites for hydroxylation is 1. The zero-order valence-electron chi connectivity index (χ0n) is 23.4. The van der Waals surface area contributed by atoms with Crippen molar-refractivity contribution in [3.8, 4) is 22.9 Å². The van der Waals surface area contributed by atoms with Crippen LogP contribution in [0.15, 0.2) is 99.3 Å². The van der Waals surface area contributed by atoms with Crippen molar-refractivity contribution in [3.63, 3.8) is 0 Å². The molecule has 0 radical (unpaired) electrons. The minimum Gasteiger partial charge on any atom is -0.493 e. The molecule has 0 atom stereocenters. The molecule has 5 aromatic rings. The van der Waals surface area contributed by atoms with E-state index < -0.39 is 23.2 Å². The molecule has 0 bridgehead atoms. The van der Waals surface area contributed by atoms with Crippen LogP contribution in [-0.4, -0.2) is 35.5 Å². The van der Waals surface area contributed by atoms with Gasteiger partial charge in [0.2, 0.25) is 0 Å². The zero-order valence-corrected chi connectivity index (χ0v) is 24.9. The number of aromatic nitrogens is 2. The van der Waals surface area contributed by atoms with Gasteiger partial charge in [-0.05, 0) is 55.0 Å². The van der Waals surface area contributed by atoms with Crippen LogP contribution in [-0.2, 0) is 11.0 Å². The predicted octanol–water partition coefficient (Wildman–Crippen LogP) is 7.06. The Morgan fingerprint density at radius 1 is 1.05 bits per heavy atom. The summed E-state index contributed by atoms with van der Waals surface area (Å²) in [6, 6.07) is 21.5. The first-order valence-electron chi connectivity index (χ1n) is 13.1. The van der Waals surface area contributed by atoms with Crippen LogP contribution < -0.4 is 20.3 Å². The molecule has 0 aliphatic carbocycles. The van der Waals surface area contributed by atoms with Crippen molar-refractivity contribution in [2.45, 2.75) is 13.1 Å². The van der Waals surface area contributed by atoms with Crippen molar-refractivity contribution >= 4 is 44.6 Å². The fourth-order valence-electron chi connectivity index (χ4n) is 4.40. The van der Waals surface area contributed by atoms with Crippen molar-refractivity contribution in [1.82, 2.24) is 9.66 Å². The summed E-state index contributed by atoms with van der Waals surface area (Å²) in [6.45, 7) is 1.49. The summed E-state index contributed by atoms with van der Waals surface area (Å²) in [4.78, 5) is 30.8. The maximum absolute atomic E-state index is 13.6. The van der Waals surface area contributed by atoms with Crippen molar-refractivity contribution in [1.29, 1.82) is 0 Å². The van der Waals surface area contributed by atoms with Crippen molar-refractivity contribution in [2.24, 2.45) is 5.10 Å². The van der Waals surface area contributed by atoms with Crippen molar-refractivity contribution in [2.75, 3.05) is 19.0 Å². The molecule has 1 heterocycles. The smallest absolute Gasteiger partial charge is 0.416 e. The minimum atomic E-state index is -4.61. The summed E-state index contributed by atoms with van der Waals surface area (Å²) in [5.74, 6) is -0.0968. The third-order valence-corrected chi connectivity index (χ3v) is 7.01. The number of nitrogens with zero attached hydrogens (tertiary/aromatic N) is 3. The van der Waals surface area contributed by atoms with Gasteiger partial charge in [0.05, 0.1) is 29.8 Å².